The van der Waals surface area contributed by atoms with Gasteiger partial charge in [0.2, 0.25) is 0 Å². The summed E-state index contributed by atoms with van der Waals surface area (Å²) < 4.78 is 0. The van der Waals surface area contributed by atoms with Crippen LogP contribution < -0.4 is 10.4 Å². The van der Waals surface area contributed by atoms with Crippen molar-refractivity contribution in [1.29, 1.82) is 0 Å². The van der Waals surface area contributed by atoms with Crippen LogP contribution in [0.25, 0.3) is 24.3 Å². The van der Waals surface area contributed by atoms with Crippen LogP contribution in [0.15, 0.2) is 24.8 Å². The van der Waals surface area contributed by atoms with Crippen molar-refractivity contribution < 1.29 is 0 Å². The molecule has 1 aromatic carbocycles. The molecule has 0 fully saturated rings. The molecule has 0 aromatic heterocycles. The third-order valence-electron chi connectivity index (χ3n) is 4.15. The second-order valence-corrected chi connectivity index (χ2v) is 5.18. The fraction of sp³-hybridized carbons (Fsp3) is 0.263. The Bertz CT molecular complexity index is 697. The van der Waals surface area contributed by atoms with E-state index in [2.05, 4.69) is 50.0 Å². The van der Waals surface area contributed by atoms with Gasteiger partial charge in [0.05, 0.1) is 0 Å². The second-order valence-electron chi connectivity index (χ2n) is 5.18. The maximum atomic E-state index is 3.88. The van der Waals surface area contributed by atoms with Gasteiger partial charge in [-0.3, -0.25) is 0 Å². The minimum absolute atomic E-state index is 1.17. The Morgan fingerprint density at radius 3 is 2.05 bits per heavy atom. The molecule has 0 aliphatic heterocycles. The summed E-state index contributed by atoms with van der Waals surface area (Å²) in [6.45, 7) is 6.02. The lowest BCUT2D eigenvalue weighted by atomic mass is 9.82. The van der Waals surface area contributed by atoms with Crippen molar-refractivity contribution in [1.82, 2.24) is 0 Å². The van der Waals surface area contributed by atoms with Gasteiger partial charge in [-0.05, 0) is 65.3 Å². The maximum absolute atomic E-state index is 3.88. The first-order valence-corrected chi connectivity index (χ1v) is 7.16. The van der Waals surface area contributed by atoms with E-state index < -0.39 is 0 Å². The van der Waals surface area contributed by atoms with Crippen LogP contribution >= 0.6 is 0 Å². The van der Waals surface area contributed by atoms with Gasteiger partial charge in [0.15, 0.2) is 0 Å². The number of hydrogen-bond acceptors (Lipinski definition) is 0. The molecule has 0 heterocycles. The monoisotopic (exact) mass is 248 g/mol. The Labute approximate surface area is 115 Å². The fourth-order valence-electron chi connectivity index (χ4n) is 3.36. The fourth-order valence-corrected chi connectivity index (χ4v) is 3.36. The van der Waals surface area contributed by atoms with Crippen molar-refractivity contribution in [3.8, 4) is 0 Å². The number of benzene rings is 1. The molecule has 0 saturated carbocycles. The number of allylic oxidation sites excluding steroid dienone is 3. The van der Waals surface area contributed by atoms with Crippen LogP contribution in [0.5, 0.6) is 0 Å². The molecule has 96 valence electrons. The number of rotatable bonds is 1. The SMILES string of the molecule is C=C/C=c1/c2c(c3c(/c1=C/C)C=CCC3)CCC=C2. The molecular weight excluding hydrogens is 228 g/mol. The summed E-state index contributed by atoms with van der Waals surface area (Å²) >= 11 is 0. The average molecular weight is 248 g/mol. The van der Waals surface area contributed by atoms with Crippen molar-refractivity contribution in [2.45, 2.75) is 32.6 Å². The molecule has 2 aliphatic rings. The zero-order valence-corrected chi connectivity index (χ0v) is 11.6. The minimum Gasteiger partial charge on any atom is -0.0990 e. The molecular formula is C19H20. The quantitative estimate of drug-likeness (QED) is 0.715. The Morgan fingerprint density at radius 1 is 0.947 bits per heavy atom. The van der Waals surface area contributed by atoms with Crippen LogP contribution in [0, 0.1) is 0 Å². The molecule has 3 rings (SSSR count). The standard InChI is InChI=1S/C19H20/c1-3-9-15-14(4-2)16-10-5-6-12-18(16)19-13-8-7-11-17(15)19/h3-5,7,9-11H,1,6,8,12-13H2,2H3/b14-4+,15-9+. The third kappa shape index (κ3) is 1.92. The Morgan fingerprint density at radius 2 is 1.53 bits per heavy atom. The molecule has 0 radical (unpaired) electrons. The van der Waals surface area contributed by atoms with E-state index in [1.54, 1.807) is 11.1 Å². The summed E-state index contributed by atoms with van der Waals surface area (Å²) in [4.78, 5) is 0. The van der Waals surface area contributed by atoms with Crippen molar-refractivity contribution in [2.24, 2.45) is 0 Å². The Kier molecular flexibility index (Phi) is 3.25. The van der Waals surface area contributed by atoms with E-state index in [0.717, 1.165) is 0 Å². The van der Waals surface area contributed by atoms with Crippen LogP contribution in [0.2, 0.25) is 0 Å². The molecule has 19 heavy (non-hydrogen) atoms. The van der Waals surface area contributed by atoms with Crippen molar-refractivity contribution >= 4 is 24.3 Å². The first-order valence-electron chi connectivity index (χ1n) is 7.16. The van der Waals surface area contributed by atoms with Gasteiger partial charge < -0.3 is 0 Å². The topological polar surface area (TPSA) is 0 Å². The highest BCUT2D eigenvalue weighted by Crippen LogP contribution is 2.26. The van der Waals surface area contributed by atoms with E-state index in [1.807, 2.05) is 6.08 Å². The predicted octanol–water partition coefficient (Wildman–Crippen LogP) is 3.37. The summed E-state index contributed by atoms with van der Waals surface area (Å²) in [7, 11) is 0. The molecule has 0 atom stereocenters. The van der Waals surface area contributed by atoms with E-state index >= 15 is 0 Å². The van der Waals surface area contributed by atoms with E-state index in [-0.39, 0.29) is 0 Å². The van der Waals surface area contributed by atoms with Gasteiger partial charge in [-0.15, -0.1) is 0 Å². The lowest BCUT2D eigenvalue weighted by molar-refractivity contribution is 0.899. The lowest BCUT2D eigenvalue weighted by Gasteiger charge is -2.22. The molecule has 0 heteroatoms. The normalized spacial score (nSPS) is 18.4. The Hall–Kier alpha value is -1.82. The van der Waals surface area contributed by atoms with Gasteiger partial charge >= 0.3 is 0 Å². The molecule has 0 spiro atoms. The highest BCUT2D eigenvalue weighted by atomic mass is 14.2. The van der Waals surface area contributed by atoms with Crippen molar-refractivity contribution in [3.05, 3.63) is 57.5 Å². The average Bonchev–Trinajstić information content (AvgIpc) is 2.48. The van der Waals surface area contributed by atoms with E-state index in [1.165, 1.54) is 47.2 Å². The lowest BCUT2D eigenvalue weighted by Crippen LogP contribution is -2.34. The van der Waals surface area contributed by atoms with Crippen LogP contribution in [0.4, 0.5) is 0 Å². The second kappa shape index (κ2) is 5.05. The van der Waals surface area contributed by atoms with E-state index in [0.29, 0.717) is 0 Å². The number of fused-ring (bicyclic) bond motifs is 3. The van der Waals surface area contributed by atoms with E-state index in [9.17, 15) is 0 Å². The van der Waals surface area contributed by atoms with Gasteiger partial charge in [-0.1, -0.05) is 49.1 Å². The summed E-state index contributed by atoms with van der Waals surface area (Å²) in [5.74, 6) is 0. The largest absolute Gasteiger partial charge is 0.0990 e. The molecule has 0 saturated heterocycles. The van der Waals surface area contributed by atoms with Crippen LogP contribution in [0.1, 0.15) is 42.0 Å². The summed E-state index contributed by atoms with van der Waals surface area (Å²) in [5, 5.41) is 2.71. The zero-order chi connectivity index (χ0) is 13.2. The van der Waals surface area contributed by atoms with Gasteiger partial charge in [-0.2, -0.15) is 0 Å². The summed E-state index contributed by atoms with van der Waals surface area (Å²) in [6, 6.07) is 0. The van der Waals surface area contributed by atoms with Crippen molar-refractivity contribution in [2.75, 3.05) is 0 Å². The van der Waals surface area contributed by atoms with Gasteiger partial charge in [0.1, 0.15) is 0 Å². The van der Waals surface area contributed by atoms with Gasteiger partial charge in [-0.25, -0.2) is 0 Å². The van der Waals surface area contributed by atoms with Crippen molar-refractivity contribution in [3.63, 3.8) is 0 Å². The van der Waals surface area contributed by atoms with Crippen LogP contribution in [-0.2, 0) is 12.8 Å². The smallest absolute Gasteiger partial charge is 0.0106 e. The first-order chi connectivity index (χ1) is 9.36. The van der Waals surface area contributed by atoms with Crippen LogP contribution in [0.3, 0.4) is 0 Å². The molecule has 0 nitrogen and oxygen atoms in total. The maximum Gasteiger partial charge on any atom is -0.0106 e. The highest BCUT2D eigenvalue weighted by molar-refractivity contribution is 5.70. The molecule has 1 aromatic rings. The first kappa shape index (κ1) is 12.2. The summed E-state index contributed by atoms with van der Waals surface area (Å²) in [6.07, 6.45) is 20.3. The summed E-state index contributed by atoms with van der Waals surface area (Å²) in [5.41, 5.74) is 6.01. The molecule has 0 unspecified atom stereocenters. The minimum atomic E-state index is 1.17. The molecule has 0 N–H and O–H groups in total. The zero-order valence-electron chi connectivity index (χ0n) is 11.6. The molecule has 0 amide bonds. The number of hydrogen-bond donors (Lipinski definition) is 0. The Balaban J connectivity index is 2.52. The highest BCUT2D eigenvalue weighted by Gasteiger charge is 2.17. The van der Waals surface area contributed by atoms with Gasteiger partial charge in [0, 0.05) is 0 Å². The van der Waals surface area contributed by atoms with Crippen LogP contribution in [-0.4, -0.2) is 0 Å². The van der Waals surface area contributed by atoms with E-state index in [4.69, 9.17) is 0 Å². The third-order valence-corrected chi connectivity index (χ3v) is 4.15. The molecule has 0 bridgehead atoms. The predicted molar refractivity (Wildman–Crippen MR) is 85.2 cm³/mol. The van der Waals surface area contributed by atoms with Gasteiger partial charge in [0.25, 0.3) is 0 Å². The molecule has 2 aliphatic carbocycles.